The highest BCUT2D eigenvalue weighted by Crippen LogP contribution is 2.23. The summed E-state index contributed by atoms with van der Waals surface area (Å²) in [5.74, 6) is -1.11. The highest BCUT2D eigenvalue weighted by atomic mass is 19.1. The lowest BCUT2D eigenvalue weighted by molar-refractivity contribution is -0.387. The van der Waals surface area contributed by atoms with Gasteiger partial charge in [-0.05, 0) is 19.9 Å². The molecule has 16 heavy (non-hydrogen) atoms. The Morgan fingerprint density at radius 3 is 2.62 bits per heavy atom. The normalized spacial score (nSPS) is 11.9. The number of hydrogen-bond acceptors (Lipinski definition) is 4. The van der Waals surface area contributed by atoms with Gasteiger partial charge in [0, 0.05) is 12.1 Å². The molecule has 1 aromatic carbocycles. The fraction of sp³-hybridized carbons (Fsp3) is 0.300. The van der Waals surface area contributed by atoms with Gasteiger partial charge >= 0.3 is 5.69 Å². The Kier molecular flexibility index (Phi) is 3.55. The van der Waals surface area contributed by atoms with Crippen molar-refractivity contribution >= 4 is 11.5 Å². The lowest BCUT2D eigenvalue weighted by atomic mass is 10.2. The molecule has 6 heteroatoms. The number of ketones is 1. The third-order valence-electron chi connectivity index (χ3n) is 2.00. The minimum Gasteiger partial charge on any atom is -0.483 e. The van der Waals surface area contributed by atoms with Gasteiger partial charge in [-0.25, -0.2) is 0 Å². The fourth-order valence-electron chi connectivity index (χ4n) is 0.996. The first-order valence-electron chi connectivity index (χ1n) is 4.53. The molecule has 0 aliphatic rings. The molecule has 0 aliphatic heterocycles. The molecule has 0 radical (unpaired) electrons. The number of nitrogens with zero attached hydrogens (tertiary/aromatic N) is 1. The second-order valence-electron chi connectivity index (χ2n) is 3.24. The Morgan fingerprint density at radius 2 is 2.19 bits per heavy atom. The Bertz CT molecular complexity index is 433. The van der Waals surface area contributed by atoms with Gasteiger partial charge in [0.25, 0.3) is 0 Å². The molecule has 1 aromatic rings. The molecule has 0 fully saturated rings. The van der Waals surface area contributed by atoms with Crippen molar-refractivity contribution in [3.8, 4) is 5.75 Å². The predicted octanol–water partition coefficient (Wildman–Crippen LogP) is 2.09. The minimum absolute atomic E-state index is 0.0887. The van der Waals surface area contributed by atoms with Crippen molar-refractivity contribution in [1.82, 2.24) is 0 Å². The molecular formula is C10H10FNO4. The fourth-order valence-corrected chi connectivity index (χ4v) is 0.996. The monoisotopic (exact) mass is 227 g/mol. The highest BCUT2D eigenvalue weighted by Gasteiger charge is 2.16. The van der Waals surface area contributed by atoms with Crippen molar-refractivity contribution in [2.45, 2.75) is 20.0 Å². The van der Waals surface area contributed by atoms with Gasteiger partial charge < -0.3 is 4.74 Å². The predicted molar refractivity (Wildman–Crippen MR) is 53.8 cm³/mol. The van der Waals surface area contributed by atoms with E-state index >= 15 is 0 Å². The summed E-state index contributed by atoms with van der Waals surface area (Å²) in [7, 11) is 0. The molecule has 1 atom stereocenters. The zero-order valence-electron chi connectivity index (χ0n) is 8.77. The summed E-state index contributed by atoms with van der Waals surface area (Å²) < 4.78 is 18.2. The standard InChI is InChI=1S/C10H10FNO4/c1-6(13)7(2)16-8-3-4-10(12(14)15)9(11)5-8/h3-5,7H,1-2H3. The van der Waals surface area contributed by atoms with Gasteiger partial charge in [-0.2, -0.15) is 4.39 Å². The molecule has 0 amide bonds. The van der Waals surface area contributed by atoms with Crippen molar-refractivity contribution in [3.05, 3.63) is 34.1 Å². The van der Waals surface area contributed by atoms with E-state index in [1.165, 1.54) is 19.9 Å². The second-order valence-corrected chi connectivity index (χ2v) is 3.24. The van der Waals surface area contributed by atoms with E-state index in [1.54, 1.807) is 0 Å². The molecule has 5 nitrogen and oxygen atoms in total. The van der Waals surface area contributed by atoms with Crippen LogP contribution in [0.1, 0.15) is 13.8 Å². The molecule has 86 valence electrons. The minimum atomic E-state index is -0.988. The number of carbonyl (C=O) groups excluding carboxylic acids is 1. The molecule has 0 spiro atoms. The van der Waals surface area contributed by atoms with Crippen LogP contribution in [0.3, 0.4) is 0 Å². The number of hydrogen-bond donors (Lipinski definition) is 0. The number of nitro groups is 1. The lowest BCUT2D eigenvalue weighted by Crippen LogP contribution is -2.20. The maximum atomic E-state index is 13.1. The summed E-state index contributed by atoms with van der Waals surface area (Å²) in [4.78, 5) is 20.4. The van der Waals surface area contributed by atoms with Crippen LogP contribution < -0.4 is 4.74 Å². The van der Waals surface area contributed by atoms with Gasteiger partial charge in [0.05, 0.1) is 4.92 Å². The van der Waals surface area contributed by atoms with Crippen LogP contribution in [-0.4, -0.2) is 16.8 Å². The summed E-state index contributed by atoms with van der Waals surface area (Å²) >= 11 is 0. The summed E-state index contributed by atoms with van der Waals surface area (Å²) in [5, 5.41) is 10.3. The van der Waals surface area contributed by atoms with Crippen molar-refractivity contribution in [3.63, 3.8) is 0 Å². The van der Waals surface area contributed by atoms with Crippen LogP contribution in [0, 0.1) is 15.9 Å². The third kappa shape index (κ3) is 2.75. The maximum Gasteiger partial charge on any atom is 0.305 e. The number of benzene rings is 1. The number of halogens is 1. The first-order valence-corrected chi connectivity index (χ1v) is 4.53. The Labute approximate surface area is 91.0 Å². The summed E-state index contributed by atoms with van der Waals surface area (Å²) in [6, 6.07) is 3.13. The zero-order chi connectivity index (χ0) is 12.3. The number of rotatable bonds is 4. The van der Waals surface area contributed by atoms with Gasteiger partial charge in [-0.3, -0.25) is 14.9 Å². The van der Waals surface area contributed by atoms with Crippen LogP contribution >= 0.6 is 0 Å². The molecule has 0 saturated heterocycles. The Balaban J connectivity index is 2.89. The Morgan fingerprint density at radius 1 is 1.56 bits per heavy atom. The number of nitro benzene ring substituents is 1. The largest absolute Gasteiger partial charge is 0.483 e. The summed E-state index contributed by atoms with van der Waals surface area (Å²) in [5.41, 5.74) is -0.622. The first-order chi connectivity index (χ1) is 7.41. The second kappa shape index (κ2) is 4.69. The molecule has 1 rings (SSSR count). The molecule has 0 saturated carbocycles. The van der Waals surface area contributed by atoms with Crippen LogP contribution in [0.5, 0.6) is 5.75 Å². The molecule has 1 unspecified atom stereocenters. The van der Waals surface area contributed by atoms with E-state index in [2.05, 4.69) is 0 Å². The molecule has 0 N–H and O–H groups in total. The van der Waals surface area contributed by atoms with Crippen LogP contribution in [0.15, 0.2) is 18.2 Å². The number of Topliss-reactive ketones (excluding diaryl/α,β-unsaturated/α-hetero) is 1. The van der Waals surface area contributed by atoms with Crippen LogP contribution in [0.4, 0.5) is 10.1 Å². The number of carbonyl (C=O) groups is 1. The van der Waals surface area contributed by atoms with Crippen LogP contribution in [0.2, 0.25) is 0 Å². The van der Waals surface area contributed by atoms with Crippen molar-refractivity contribution in [2.75, 3.05) is 0 Å². The van der Waals surface area contributed by atoms with E-state index < -0.39 is 22.5 Å². The van der Waals surface area contributed by atoms with Gasteiger partial charge in [0.15, 0.2) is 11.9 Å². The van der Waals surface area contributed by atoms with Crippen LogP contribution in [0.25, 0.3) is 0 Å². The quantitative estimate of drug-likeness (QED) is 0.583. The maximum absolute atomic E-state index is 13.1. The molecule has 0 heterocycles. The smallest absolute Gasteiger partial charge is 0.305 e. The molecular weight excluding hydrogens is 217 g/mol. The van der Waals surface area contributed by atoms with Gasteiger partial charge in [-0.1, -0.05) is 0 Å². The van der Waals surface area contributed by atoms with Crippen molar-refractivity contribution in [1.29, 1.82) is 0 Å². The van der Waals surface area contributed by atoms with Crippen molar-refractivity contribution in [2.24, 2.45) is 0 Å². The lowest BCUT2D eigenvalue weighted by Gasteiger charge is -2.11. The van der Waals surface area contributed by atoms with Gasteiger partial charge in [-0.15, -0.1) is 0 Å². The van der Waals surface area contributed by atoms with E-state index in [1.807, 2.05) is 0 Å². The van der Waals surface area contributed by atoms with E-state index in [9.17, 15) is 19.3 Å². The average Bonchev–Trinajstić information content (AvgIpc) is 2.16. The van der Waals surface area contributed by atoms with E-state index in [-0.39, 0.29) is 11.5 Å². The summed E-state index contributed by atoms with van der Waals surface area (Å²) in [6.45, 7) is 2.86. The zero-order valence-corrected chi connectivity index (χ0v) is 8.77. The topological polar surface area (TPSA) is 69.4 Å². The SMILES string of the molecule is CC(=O)C(C)Oc1ccc([N+](=O)[O-])c(F)c1. The van der Waals surface area contributed by atoms with E-state index in [0.717, 1.165) is 12.1 Å². The average molecular weight is 227 g/mol. The van der Waals surface area contributed by atoms with Crippen LogP contribution in [-0.2, 0) is 4.79 Å². The third-order valence-corrected chi connectivity index (χ3v) is 2.00. The van der Waals surface area contributed by atoms with Crippen molar-refractivity contribution < 1.29 is 18.8 Å². The summed E-state index contributed by atoms with van der Waals surface area (Å²) in [6.07, 6.45) is -0.708. The van der Waals surface area contributed by atoms with E-state index in [0.29, 0.717) is 0 Å². The highest BCUT2D eigenvalue weighted by molar-refractivity contribution is 5.80. The molecule has 0 bridgehead atoms. The van der Waals surface area contributed by atoms with Gasteiger partial charge in [0.2, 0.25) is 5.82 Å². The Hall–Kier alpha value is -1.98. The van der Waals surface area contributed by atoms with Gasteiger partial charge in [0.1, 0.15) is 5.75 Å². The molecule has 0 aromatic heterocycles. The first kappa shape index (κ1) is 12.1. The van der Waals surface area contributed by atoms with E-state index in [4.69, 9.17) is 4.74 Å². The number of ether oxygens (including phenoxy) is 1. The molecule has 0 aliphatic carbocycles.